The van der Waals surface area contributed by atoms with E-state index in [1.807, 2.05) is 25.1 Å². The van der Waals surface area contributed by atoms with Gasteiger partial charge in [0.15, 0.2) is 0 Å². The molecule has 1 aliphatic heterocycles. The van der Waals surface area contributed by atoms with Crippen LogP contribution in [0.1, 0.15) is 19.4 Å². The summed E-state index contributed by atoms with van der Waals surface area (Å²) in [5.41, 5.74) is 1.11. The Hall–Kier alpha value is -2.08. The summed E-state index contributed by atoms with van der Waals surface area (Å²) in [6, 6.07) is 8.00. The Kier molecular flexibility index (Phi) is 6.82. The molecule has 0 N–H and O–H groups in total. The predicted octanol–water partition coefficient (Wildman–Crippen LogP) is 1.45. The van der Waals surface area contributed by atoms with Gasteiger partial charge in [-0.2, -0.15) is 0 Å². The fourth-order valence-corrected chi connectivity index (χ4v) is 3.20. The molecule has 0 bridgehead atoms. The molecule has 1 aromatic rings. The van der Waals surface area contributed by atoms with Crippen LogP contribution in [0.25, 0.3) is 0 Å². The lowest BCUT2D eigenvalue weighted by Gasteiger charge is -2.26. The van der Waals surface area contributed by atoms with E-state index in [4.69, 9.17) is 4.74 Å². The number of para-hydroxylation sites is 1. The Morgan fingerprint density at radius 1 is 1.20 bits per heavy atom. The number of carbonyl (C=O) groups is 2. The van der Waals surface area contributed by atoms with Crippen molar-refractivity contribution in [2.24, 2.45) is 5.92 Å². The molecule has 1 saturated heterocycles. The zero-order chi connectivity index (χ0) is 18.4. The van der Waals surface area contributed by atoms with E-state index in [2.05, 4.69) is 11.0 Å². The summed E-state index contributed by atoms with van der Waals surface area (Å²) in [4.78, 5) is 30.0. The van der Waals surface area contributed by atoms with Gasteiger partial charge in [-0.05, 0) is 13.0 Å². The maximum absolute atomic E-state index is 12.5. The van der Waals surface area contributed by atoms with E-state index in [9.17, 15) is 9.59 Å². The number of ether oxygens (including phenoxy) is 1. The van der Waals surface area contributed by atoms with Crippen LogP contribution in [0, 0.1) is 5.92 Å². The van der Waals surface area contributed by atoms with Gasteiger partial charge in [-0.3, -0.25) is 14.5 Å². The molecule has 1 heterocycles. The smallest absolute Gasteiger partial charge is 0.228 e. The third-order valence-corrected chi connectivity index (χ3v) is 4.51. The predicted molar refractivity (Wildman–Crippen MR) is 97.3 cm³/mol. The summed E-state index contributed by atoms with van der Waals surface area (Å²) < 4.78 is 5.72. The zero-order valence-corrected chi connectivity index (χ0v) is 15.7. The second kappa shape index (κ2) is 8.85. The summed E-state index contributed by atoms with van der Waals surface area (Å²) in [5.74, 6) is 0.762. The van der Waals surface area contributed by atoms with Gasteiger partial charge in [0.05, 0.1) is 12.5 Å². The Labute approximate surface area is 150 Å². The Balaban J connectivity index is 2.17. The lowest BCUT2D eigenvalue weighted by Crippen LogP contribution is -2.41. The van der Waals surface area contributed by atoms with Gasteiger partial charge in [-0.15, -0.1) is 0 Å². The second-order valence-electron chi connectivity index (χ2n) is 6.67. The van der Waals surface area contributed by atoms with Crippen molar-refractivity contribution >= 4 is 11.8 Å². The largest absolute Gasteiger partial charge is 0.494 e. The highest BCUT2D eigenvalue weighted by Gasteiger charge is 2.30. The van der Waals surface area contributed by atoms with Gasteiger partial charge in [-0.1, -0.05) is 18.2 Å². The molecule has 1 aromatic carbocycles. The molecule has 0 aromatic heterocycles. The summed E-state index contributed by atoms with van der Waals surface area (Å²) in [7, 11) is 3.53. The van der Waals surface area contributed by atoms with Gasteiger partial charge in [-0.25, -0.2) is 0 Å². The molecule has 1 fully saturated rings. The molecule has 0 radical (unpaired) electrons. The lowest BCUT2D eigenvalue weighted by atomic mass is 10.1. The minimum Gasteiger partial charge on any atom is -0.494 e. The highest BCUT2D eigenvalue weighted by Crippen LogP contribution is 2.22. The third kappa shape index (κ3) is 5.19. The SMILES string of the molecule is CCOc1ccccc1CN1CCN(C(C)=O)CC(C(=O)N(C)C)C1. The van der Waals surface area contributed by atoms with Gasteiger partial charge in [0, 0.05) is 59.3 Å². The molecule has 0 saturated carbocycles. The highest BCUT2D eigenvalue weighted by atomic mass is 16.5. The number of benzene rings is 1. The number of nitrogens with zero attached hydrogens (tertiary/aromatic N) is 3. The van der Waals surface area contributed by atoms with Crippen molar-refractivity contribution in [1.29, 1.82) is 0 Å². The van der Waals surface area contributed by atoms with Crippen LogP contribution < -0.4 is 4.74 Å². The summed E-state index contributed by atoms with van der Waals surface area (Å²) in [6.45, 7) is 7.38. The maximum atomic E-state index is 12.5. The van der Waals surface area contributed by atoms with E-state index in [1.54, 1.807) is 30.8 Å². The van der Waals surface area contributed by atoms with Crippen molar-refractivity contribution in [1.82, 2.24) is 14.7 Å². The molecule has 2 rings (SSSR count). The van der Waals surface area contributed by atoms with Crippen molar-refractivity contribution in [2.45, 2.75) is 20.4 Å². The fourth-order valence-electron chi connectivity index (χ4n) is 3.20. The monoisotopic (exact) mass is 347 g/mol. The van der Waals surface area contributed by atoms with Gasteiger partial charge < -0.3 is 14.5 Å². The maximum Gasteiger partial charge on any atom is 0.228 e. The van der Waals surface area contributed by atoms with Gasteiger partial charge >= 0.3 is 0 Å². The first-order valence-corrected chi connectivity index (χ1v) is 8.82. The summed E-state index contributed by atoms with van der Waals surface area (Å²) in [5, 5.41) is 0. The van der Waals surface area contributed by atoms with Crippen LogP contribution in [-0.4, -0.2) is 73.4 Å². The van der Waals surface area contributed by atoms with Crippen molar-refractivity contribution in [2.75, 3.05) is 46.9 Å². The first-order valence-electron chi connectivity index (χ1n) is 8.82. The molecule has 138 valence electrons. The van der Waals surface area contributed by atoms with Crippen LogP contribution in [0.5, 0.6) is 5.75 Å². The minimum atomic E-state index is -0.208. The first kappa shape index (κ1) is 19.2. The average molecular weight is 347 g/mol. The first-order chi connectivity index (χ1) is 11.9. The molecule has 1 aliphatic rings. The molecule has 6 nitrogen and oxygen atoms in total. The summed E-state index contributed by atoms with van der Waals surface area (Å²) >= 11 is 0. The normalized spacial score (nSPS) is 18.6. The molecule has 25 heavy (non-hydrogen) atoms. The Morgan fingerprint density at radius 2 is 1.92 bits per heavy atom. The lowest BCUT2D eigenvalue weighted by molar-refractivity contribution is -0.135. The number of hydrogen-bond acceptors (Lipinski definition) is 4. The van der Waals surface area contributed by atoms with Crippen LogP contribution in [0.15, 0.2) is 24.3 Å². The van der Waals surface area contributed by atoms with Crippen LogP contribution in [-0.2, 0) is 16.1 Å². The molecule has 0 spiro atoms. The molecule has 1 unspecified atom stereocenters. The molecule has 6 heteroatoms. The van der Waals surface area contributed by atoms with Gasteiger partial charge in [0.1, 0.15) is 5.75 Å². The van der Waals surface area contributed by atoms with Crippen molar-refractivity contribution in [3.8, 4) is 5.75 Å². The van der Waals surface area contributed by atoms with Crippen molar-refractivity contribution < 1.29 is 14.3 Å². The van der Waals surface area contributed by atoms with E-state index in [1.165, 1.54) is 0 Å². The van der Waals surface area contributed by atoms with E-state index < -0.39 is 0 Å². The van der Waals surface area contributed by atoms with Crippen LogP contribution in [0.2, 0.25) is 0 Å². The van der Waals surface area contributed by atoms with E-state index in [0.717, 1.165) is 17.9 Å². The average Bonchev–Trinajstić information content (AvgIpc) is 2.79. The van der Waals surface area contributed by atoms with Gasteiger partial charge in [0.25, 0.3) is 0 Å². The van der Waals surface area contributed by atoms with Crippen molar-refractivity contribution in [3.05, 3.63) is 29.8 Å². The van der Waals surface area contributed by atoms with Crippen molar-refractivity contribution in [3.63, 3.8) is 0 Å². The number of hydrogen-bond donors (Lipinski definition) is 0. The molecule has 2 amide bonds. The standard InChI is InChI=1S/C19H29N3O3/c1-5-25-18-9-7-6-8-16(18)12-21-10-11-22(15(2)23)14-17(13-21)19(24)20(3)4/h6-9,17H,5,10-14H2,1-4H3. The Morgan fingerprint density at radius 3 is 2.56 bits per heavy atom. The van der Waals surface area contributed by atoms with E-state index in [0.29, 0.717) is 32.8 Å². The molecule has 1 atom stereocenters. The third-order valence-electron chi connectivity index (χ3n) is 4.51. The number of carbonyl (C=O) groups excluding carboxylic acids is 2. The van der Waals surface area contributed by atoms with Crippen LogP contribution >= 0.6 is 0 Å². The second-order valence-corrected chi connectivity index (χ2v) is 6.67. The topological polar surface area (TPSA) is 53.1 Å². The van der Waals surface area contributed by atoms with E-state index >= 15 is 0 Å². The molecular weight excluding hydrogens is 318 g/mol. The highest BCUT2D eigenvalue weighted by molar-refractivity contribution is 5.80. The van der Waals surface area contributed by atoms with E-state index in [-0.39, 0.29) is 17.7 Å². The zero-order valence-electron chi connectivity index (χ0n) is 15.7. The minimum absolute atomic E-state index is 0.0214. The number of amides is 2. The fraction of sp³-hybridized carbons (Fsp3) is 0.579. The van der Waals surface area contributed by atoms with Crippen LogP contribution in [0.4, 0.5) is 0 Å². The van der Waals surface area contributed by atoms with Crippen LogP contribution in [0.3, 0.4) is 0 Å². The summed E-state index contributed by atoms with van der Waals surface area (Å²) in [6.07, 6.45) is 0. The molecular formula is C19H29N3O3. The quantitative estimate of drug-likeness (QED) is 0.809. The number of rotatable bonds is 5. The molecule has 0 aliphatic carbocycles. The Bertz CT molecular complexity index is 603. The van der Waals surface area contributed by atoms with Gasteiger partial charge in [0.2, 0.25) is 11.8 Å².